The molecule has 0 amide bonds. The number of thiazole rings is 1. The van der Waals surface area contributed by atoms with Gasteiger partial charge >= 0.3 is 0 Å². The molecular weight excluding hydrogens is 489 g/mol. The molecule has 1 unspecified atom stereocenters. The van der Waals surface area contributed by atoms with Crippen molar-refractivity contribution >= 4 is 51.3 Å². The second-order valence-electron chi connectivity index (χ2n) is 5.87. The number of nitrogens with one attached hydrogen (secondary N) is 3. The Bertz CT molecular complexity index is 660. The van der Waals surface area contributed by atoms with Crippen LogP contribution in [0.1, 0.15) is 29.1 Å². The molecule has 11 heteroatoms. The van der Waals surface area contributed by atoms with Crippen molar-refractivity contribution in [2.45, 2.75) is 38.8 Å². The van der Waals surface area contributed by atoms with Crippen LogP contribution in [0.5, 0.6) is 0 Å². The van der Waals surface area contributed by atoms with Crippen molar-refractivity contribution in [2.24, 2.45) is 4.99 Å². The molecule has 1 aliphatic heterocycles. The summed E-state index contributed by atoms with van der Waals surface area (Å²) >= 11 is 1.61. The molecule has 0 saturated carbocycles. The van der Waals surface area contributed by atoms with Gasteiger partial charge in [-0.3, -0.25) is 4.99 Å². The number of aromatic nitrogens is 1. The number of halogens is 1. The molecule has 1 saturated heterocycles. The van der Waals surface area contributed by atoms with Crippen LogP contribution in [0.2, 0.25) is 0 Å². The maximum atomic E-state index is 12.0. The fraction of sp³-hybridized carbons (Fsp3) is 0.733. The largest absolute Gasteiger partial charge is 0.377 e. The molecule has 0 bridgehead atoms. The number of aryl methyl sites for hydroxylation is 1. The molecule has 2 heterocycles. The molecule has 26 heavy (non-hydrogen) atoms. The third-order valence-electron chi connectivity index (χ3n) is 3.77. The average molecular weight is 517 g/mol. The maximum Gasteiger partial charge on any atom is 0.213 e. The van der Waals surface area contributed by atoms with Gasteiger partial charge in [0.05, 0.1) is 18.4 Å². The third-order valence-corrected chi connectivity index (χ3v) is 6.03. The predicted octanol–water partition coefficient (Wildman–Crippen LogP) is 1.22. The van der Waals surface area contributed by atoms with E-state index >= 15 is 0 Å². The van der Waals surface area contributed by atoms with Crippen molar-refractivity contribution in [3.63, 3.8) is 0 Å². The Labute approximate surface area is 176 Å². The third kappa shape index (κ3) is 8.93. The summed E-state index contributed by atoms with van der Waals surface area (Å²) in [5.74, 6) is 0.537. The number of ether oxygens (including phenoxy) is 1. The van der Waals surface area contributed by atoms with Crippen LogP contribution < -0.4 is 15.4 Å². The van der Waals surface area contributed by atoms with E-state index in [0.717, 1.165) is 29.1 Å². The molecule has 0 aromatic carbocycles. The highest BCUT2D eigenvalue weighted by Gasteiger charge is 2.17. The molecule has 0 spiro atoms. The number of hydrogen-bond donors (Lipinski definition) is 3. The zero-order valence-electron chi connectivity index (χ0n) is 15.2. The van der Waals surface area contributed by atoms with E-state index in [1.807, 2.05) is 13.1 Å². The molecule has 2 rings (SSSR count). The number of aliphatic imine (C=N–C) groups is 1. The lowest BCUT2D eigenvalue weighted by Gasteiger charge is -2.22. The van der Waals surface area contributed by atoms with E-state index in [1.54, 1.807) is 18.4 Å². The average Bonchev–Trinajstić information content (AvgIpc) is 3.02. The van der Waals surface area contributed by atoms with Crippen LogP contribution in [0, 0.1) is 6.92 Å². The topological polar surface area (TPSA) is 105 Å². The Balaban J connectivity index is 0.00000338. The minimum absolute atomic E-state index is 0. The summed E-state index contributed by atoms with van der Waals surface area (Å²) in [7, 11) is -1.69. The minimum Gasteiger partial charge on any atom is -0.377 e. The van der Waals surface area contributed by atoms with Gasteiger partial charge < -0.3 is 15.4 Å². The van der Waals surface area contributed by atoms with Gasteiger partial charge in [0.1, 0.15) is 5.01 Å². The van der Waals surface area contributed by atoms with E-state index in [0.29, 0.717) is 25.7 Å². The van der Waals surface area contributed by atoms with Crippen molar-refractivity contribution in [1.82, 2.24) is 20.3 Å². The van der Waals surface area contributed by atoms with E-state index in [4.69, 9.17) is 4.74 Å². The van der Waals surface area contributed by atoms with Gasteiger partial charge in [-0.05, 0) is 26.2 Å². The van der Waals surface area contributed by atoms with Gasteiger partial charge in [-0.15, -0.1) is 35.3 Å². The van der Waals surface area contributed by atoms with Gasteiger partial charge in [-0.1, -0.05) is 0 Å². The first-order valence-electron chi connectivity index (χ1n) is 8.43. The summed E-state index contributed by atoms with van der Waals surface area (Å²) in [6.45, 7) is 3.90. The highest BCUT2D eigenvalue weighted by molar-refractivity contribution is 14.0. The summed E-state index contributed by atoms with van der Waals surface area (Å²) in [6, 6.07) is 0. The number of sulfonamides is 1. The van der Waals surface area contributed by atoms with Crippen LogP contribution in [0.3, 0.4) is 0 Å². The molecular formula is C15H28IN5O3S2. The molecule has 0 radical (unpaired) electrons. The van der Waals surface area contributed by atoms with Crippen LogP contribution in [0.15, 0.2) is 11.2 Å². The van der Waals surface area contributed by atoms with Crippen molar-refractivity contribution in [1.29, 1.82) is 0 Å². The van der Waals surface area contributed by atoms with E-state index in [1.165, 1.54) is 0 Å². The van der Waals surface area contributed by atoms with Gasteiger partial charge in [-0.2, -0.15) is 0 Å². The van der Waals surface area contributed by atoms with E-state index in [2.05, 4.69) is 25.3 Å². The van der Waals surface area contributed by atoms with Crippen LogP contribution >= 0.6 is 35.3 Å². The molecule has 1 aliphatic rings. The second-order valence-corrected chi connectivity index (χ2v) is 9.12. The van der Waals surface area contributed by atoms with Gasteiger partial charge in [0.15, 0.2) is 5.96 Å². The van der Waals surface area contributed by atoms with Crippen LogP contribution in [-0.2, 0) is 21.3 Å². The molecule has 1 atom stereocenters. The first kappa shape index (κ1) is 23.5. The lowest BCUT2D eigenvalue weighted by Crippen LogP contribution is -2.42. The quantitative estimate of drug-likeness (QED) is 0.272. The second kappa shape index (κ2) is 12.1. The molecule has 8 nitrogen and oxygen atoms in total. The van der Waals surface area contributed by atoms with Gasteiger partial charge in [0, 0.05) is 37.8 Å². The summed E-state index contributed by atoms with van der Waals surface area (Å²) in [4.78, 5) is 9.50. The zero-order valence-corrected chi connectivity index (χ0v) is 19.1. The lowest BCUT2D eigenvalue weighted by molar-refractivity contribution is 0.0200. The Kier molecular flexibility index (Phi) is 10.9. The monoisotopic (exact) mass is 517 g/mol. The van der Waals surface area contributed by atoms with E-state index < -0.39 is 10.0 Å². The van der Waals surface area contributed by atoms with Crippen molar-refractivity contribution in [3.8, 4) is 0 Å². The van der Waals surface area contributed by atoms with Crippen molar-refractivity contribution < 1.29 is 13.2 Å². The predicted molar refractivity (Wildman–Crippen MR) is 116 cm³/mol. The maximum absolute atomic E-state index is 12.0. The Hall–Kier alpha value is -0.500. The number of rotatable bonds is 8. The molecule has 150 valence electrons. The SMILES string of the molecule is CN=C(NCCS(=O)(=O)NCC1CCCCO1)NCc1ncc(C)s1.I. The van der Waals surface area contributed by atoms with Crippen molar-refractivity contribution in [2.75, 3.05) is 32.5 Å². The standard InChI is InChI=1S/C15H27N5O3S2.HI/c1-12-9-18-14(24-12)11-19-15(16-2)17-6-8-25(21,22)20-10-13-5-3-4-7-23-13;/h9,13,20H,3-8,10-11H2,1-2H3,(H2,16,17,19);1H. The smallest absolute Gasteiger partial charge is 0.213 e. The van der Waals surface area contributed by atoms with E-state index in [9.17, 15) is 8.42 Å². The fourth-order valence-electron chi connectivity index (χ4n) is 2.43. The normalized spacial score (nSPS) is 18.2. The fourth-order valence-corrected chi connectivity index (χ4v) is 4.11. The van der Waals surface area contributed by atoms with Crippen molar-refractivity contribution in [3.05, 3.63) is 16.1 Å². The number of nitrogens with zero attached hydrogens (tertiary/aromatic N) is 2. The number of hydrogen-bond acceptors (Lipinski definition) is 6. The first-order valence-corrected chi connectivity index (χ1v) is 10.9. The molecule has 1 aromatic heterocycles. The Morgan fingerprint density at radius 2 is 2.23 bits per heavy atom. The Morgan fingerprint density at radius 3 is 2.85 bits per heavy atom. The summed E-state index contributed by atoms with van der Waals surface area (Å²) < 4.78 is 32.3. The minimum atomic E-state index is -3.33. The van der Waals surface area contributed by atoms with Crippen LogP contribution in [-0.4, -0.2) is 58.0 Å². The van der Waals surface area contributed by atoms with Gasteiger partial charge in [0.2, 0.25) is 10.0 Å². The van der Waals surface area contributed by atoms with Gasteiger partial charge in [0.25, 0.3) is 0 Å². The zero-order chi connectivity index (χ0) is 18.1. The highest BCUT2D eigenvalue weighted by atomic mass is 127. The summed E-state index contributed by atoms with van der Waals surface area (Å²) in [6.07, 6.45) is 4.88. The lowest BCUT2D eigenvalue weighted by atomic mass is 10.1. The first-order chi connectivity index (χ1) is 12.0. The number of guanidine groups is 1. The van der Waals surface area contributed by atoms with Gasteiger partial charge in [-0.25, -0.2) is 18.1 Å². The summed E-state index contributed by atoms with van der Waals surface area (Å²) in [5, 5.41) is 7.09. The molecule has 3 N–H and O–H groups in total. The van der Waals surface area contributed by atoms with Crippen LogP contribution in [0.25, 0.3) is 0 Å². The van der Waals surface area contributed by atoms with E-state index in [-0.39, 0.29) is 42.4 Å². The Morgan fingerprint density at radius 1 is 1.42 bits per heavy atom. The molecule has 0 aliphatic carbocycles. The molecule has 1 aromatic rings. The van der Waals surface area contributed by atoms with Crippen LogP contribution in [0.4, 0.5) is 0 Å². The summed E-state index contributed by atoms with van der Waals surface area (Å²) in [5.41, 5.74) is 0. The highest BCUT2D eigenvalue weighted by Crippen LogP contribution is 2.12. The molecule has 1 fully saturated rings.